The maximum Gasteiger partial charge on any atom is 0.288 e. The van der Waals surface area contributed by atoms with Crippen LogP contribution in [-0.2, 0) is 6.54 Å². The summed E-state index contributed by atoms with van der Waals surface area (Å²) in [6, 6.07) is 0. The van der Waals surface area contributed by atoms with Gasteiger partial charge in [-0.05, 0) is 6.92 Å². The highest BCUT2D eigenvalue weighted by atomic mass is 16.2. The zero-order valence-electron chi connectivity index (χ0n) is 8.61. The van der Waals surface area contributed by atoms with E-state index in [-0.39, 0.29) is 17.7 Å². The Morgan fingerprint density at radius 3 is 2.94 bits per heavy atom. The minimum absolute atomic E-state index is 0.0460. The van der Waals surface area contributed by atoms with Gasteiger partial charge in [-0.2, -0.15) is 10.1 Å². The predicted octanol–water partition coefficient (Wildman–Crippen LogP) is -0.652. The molecule has 0 atom stereocenters. The van der Waals surface area contributed by atoms with Crippen LogP contribution >= 0.6 is 0 Å². The Balaban J connectivity index is 1.96. The number of H-pyrrole nitrogens is 2. The number of hydrogen-bond donors (Lipinski definition) is 4. The number of nitrogens with zero attached hydrogens (tertiary/aromatic N) is 3. The zero-order valence-corrected chi connectivity index (χ0v) is 8.61. The fourth-order valence-electron chi connectivity index (χ4n) is 1.19. The summed E-state index contributed by atoms with van der Waals surface area (Å²) in [5.74, 6) is -0.215. The number of carbonyl (C=O) groups is 1. The van der Waals surface area contributed by atoms with Gasteiger partial charge in [0.25, 0.3) is 5.91 Å². The van der Waals surface area contributed by atoms with Crippen LogP contribution in [0.2, 0.25) is 0 Å². The number of nitrogens with one attached hydrogen (secondary N) is 3. The summed E-state index contributed by atoms with van der Waals surface area (Å²) in [4.78, 5) is 15.2. The molecule has 84 valence electrons. The molecular weight excluding hydrogens is 210 g/mol. The molecule has 0 bridgehead atoms. The lowest BCUT2D eigenvalue weighted by Gasteiger charge is -2.00. The molecule has 8 nitrogen and oxygen atoms in total. The van der Waals surface area contributed by atoms with Crippen molar-refractivity contribution in [3.63, 3.8) is 0 Å². The number of aromatic nitrogens is 5. The fraction of sp³-hybridized carbons (Fsp3) is 0.250. The minimum atomic E-state index is -0.357. The van der Waals surface area contributed by atoms with Crippen molar-refractivity contribution in [2.45, 2.75) is 13.5 Å². The van der Waals surface area contributed by atoms with Crippen molar-refractivity contribution in [1.29, 1.82) is 0 Å². The number of aromatic amines is 2. The van der Waals surface area contributed by atoms with Crippen LogP contribution in [0.3, 0.4) is 0 Å². The summed E-state index contributed by atoms with van der Waals surface area (Å²) in [6.45, 7) is 2.25. The van der Waals surface area contributed by atoms with E-state index in [9.17, 15) is 4.79 Å². The van der Waals surface area contributed by atoms with Crippen LogP contribution in [0.25, 0.3) is 0 Å². The molecule has 2 rings (SSSR count). The smallest absolute Gasteiger partial charge is 0.288 e. The van der Waals surface area contributed by atoms with E-state index >= 15 is 0 Å². The molecule has 2 aromatic rings. The first-order valence-electron chi connectivity index (χ1n) is 4.61. The Bertz CT molecular complexity index is 500. The van der Waals surface area contributed by atoms with Gasteiger partial charge in [-0.3, -0.25) is 15.0 Å². The van der Waals surface area contributed by atoms with E-state index in [2.05, 4.69) is 30.7 Å². The van der Waals surface area contributed by atoms with Gasteiger partial charge < -0.3 is 11.1 Å². The molecule has 1 amide bonds. The van der Waals surface area contributed by atoms with Gasteiger partial charge in [-0.15, -0.1) is 5.10 Å². The van der Waals surface area contributed by atoms with Gasteiger partial charge >= 0.3 is 0 Å². The third kappa shape index (κ3) is 2.00. The van der Waals surface area contributed by atoms with Crippen molar-refractivity contribution < 1.29 is 4.79 Å². The molecule has 0 radical (unpaired) electrons. The van der Waals surface area contributed by atoms with Crippen LogP contribution in [0.15, 0.2) is 6.20 Å². The number of hydrogen-bond acceptors (Lipinski definition) is 5. The van der Waals surface area contributed by atoms with Crippen molar-refractivity contribution in [3.05, 3.63) is 23.3 Å². The number of nitrogens with two attached hydrogens (primary N) is 1. The third-order valence-electron chi connectivity index (χ3n) is 2.09. The molecule has 0 saturated heterocycles. The van der Waals surface area contributed by atoms with Crippen LogP contribution in [0.5, 0.6) is 0 Å². The summed E-state index contributed by atoms with van der Waals surface area (Å²) >= 11 is 0. The van der Waals surface area contributed by atoms with E-state index in [4.69, 9.17) is 5.73 Å². The van der Waals surface area contributed by atoms with E-state index in [0.717, 1.165) is 11.3 Å². The molecule has 0 aliphatic carbocycles. The third-order valence-corrected chi connectivity index (χ3v) is 2.09. The molecule has 0 fully saturated rings. The minimum Gasteiger partial charge on any atom is -0.366 e. The maximum atomic E-state index is 11.5. The van der Waals surface area contributed by atoms with Gasteiger partial charge in [0.15, 0.2) is 0 Å². The average Bonchev–Trinajstić information content (AvgIpc) is 2.84. The Hall–Kier alpha value is -2.38. The van der Waals surface area contributed by atoms with Crippen molar-refractivity contribution in [2.24, 2.45) is 0 Å². The van der Waals surface area contributed by atoms with Crippen LogP contribution in [-0.4, -0.2) is 31.3 Å². The number of anilines is 1. The average molecular weight is 221 g/mol. The number of rotatable bonds is 3. The van der Waals surface area contributed by atoms with Crippen LogP contribution in [0.4, 0.5) is 5.95 Å². The van der Waals surface area contributed by atoms with E-state index in [1.807, 2.05) is 6.92 Å². The number of carbonyl (C=O) groups excluding carboxylic acids is 1. The summed E-state index contributed by atoms with van der Waals surface area (Å²) in [7, 11) is 0. The Morgan fingerprint density at radius 2 is 2.38 bits per heavy atom. The number of nitrogen functional groups attached to an aromatic ring is 1. The summed E-state index contributed by atoms with van der Waals surface area (Å²) in [5, 5.41) is 15.3. The second-order valence-corrected chi connectivity index (χ2v) is 3.25. The normalized spacial score (nSPS) is 10.3. The Morgan fingerprint density at radius 1 is 1.56 bits per heavy atom. The first-order valence-corrected chi connectivity index (χ1v) is 4.61. The predicted molar refractivity (Wildman–Crippen MR) is 55.3 cm³/mol. The van der Waals surface area contributed by atoms with Gasteiger partial charge in [0.1, 0.15) is 0 Å². The van der Waals surface area contributed by atoms with Gasteiger partial charge in [0.05, 0.1) is 6.20 Å². The second-order valence-electron chi connectivity index (χ2n) is 3.25. The molecule has 0 aliphatic heterocycles. The molecule has 5 N–H and O–H groups in total. The molecule has 2 heterocycles. The fourth-order valence-corrected chi connectivity index (χ4v) is 1.19. The highest BCUT2D eigenvalue weighted by Crippen LogP contribution is 2.02. The van der Waals surface area contributed by atoms with Crippen molar-refractivity contribution >= 4 is 11.9 Å². The standard InChI is InChI=1S/C8H11N7O/c1-4-5(3-11-13-4)2-10-7(16)6-12-8(9)15-14-6/h3H,2H2,1H3,(H,10,16)(H,11,13)(H3,9,12,14,15). The van der Waals surface area contributed by atoms with Crippen LogP contribution in [0.1, 0.15) is 21.9 Å². The maximum absolute atomic E-state index is 11.5. The van der Waals surface area contributed by atoms with E-state index in [1.165, 1.54) is 0 Å². The highest BCUT2D eigenvalue weighted by molar-refractivity contribution is 5.90. The lowest BCUT2D eigenvalue weighted by Crippen LogP contribution is -2.24. The Labute approximate surface area is 90.6 Å². The molecule has 2 aromatic heterocycles. The topological polar surface area (TPSA) is 125 Å². The van der Waals surface area contributed by atoms with Gasteiger partial charge in [-0.25, -0.2) is 0 Å². The van der Waals surface area contributed by atoms with E-state index in [0.29, 0.717) is 6.54 Å². The molecule has 0 spiro atoms. The monoisotopic (exact) mass is 221 g/mol. The van der Waals surface area contributed by atoms with Gasteiger partial charge in [-0.1, -0.05) is 0 Å². The van der Waals surface area contributed by atoms with Crippen molar-refractivity contribution in [1.82, 2.24) is 30.7 Å². The summed E-state index contributed by atoms with van der Waals surface area (Å²) < 4.78 is 0. The largest absolute Gasteiger partial charge is 0.366 e. The second kappa shape index (κ2) is 4.01. The van der Waals surface area contributed by atoms with Gasteiger partial charge in [0.2, 0.25) is 11.8 Å². The molecule has 0 saturated carbocycles. The SMILES string of the molecule is Cc1[nH]ncc1CNC(=O)c1nc(N)n[nH]1. The highest BCUT2D eigenvalue weighted by Gasteiger charge is 2.10. The summed E-state index contributed by atoms with van der Waals surface area (Å²) in [6.07, 6.45) is 1.66. The molecule has 8 heteroatoms. The molecular formula is C8H11N7O. The Kier molecular flexibility index (Phi) is 2.54. The molecule has 16 heavy (non-hydrogen) atoms. The lowest BCUT2D eigenvalue weighted by atomic mass is 10.2. The lowest BCUT2D eigenvalue weighted by molar-refractivity contribution is 0.0941. The van der Waals surface area contributed by atoms with E-state index in [1.54, 1.807) is 6.20 Å². The number of amides is 1. The first kappa shape index (κ1) is 10.1. The van der Waals surface area contributed by atoms with Crippen LogP contribution in [0, 0.1) is 6.92 Å². The molecule has 0 unspecified atom stereocenters. The molecule has 0 aliphatic rings. The zero-order chi connectivity index (χ0) is 11.5. The molecule has 0 aromatic carbocycles. The van der Waals surface area contributed by atoms with Crippen molar-refractivity contribution in [2.75, 3.05) is 5.73 Å². The van der Waals surface area contributed by atoms with Crippen LogP contribution < -0.4 is 11.1 Å². The quantitative estimate of drug-likeness (QED) is 0.548. The van der Waals surface area contributed by atoms with E-state index < -0.39 is 0 Å². The van der Waals surface area contributed by atoms with Gasteiger partial charge in [0, 0.05) is 17.8 Å². The first-order chi connectivity index (χ1) is 7.66. The van der Waals surface area contributed by atoms with Crippen molar-refractivity contribution in [3.8, 4) is 0 Å². The summed E-state index contributed by atoms with van der Waals surface area (Å²) in [5.41, 5.74) is 7.11. The number of aryl methyl sites for hydroxylation is 1.